The number of thiazole rings is 1. The van der Waals surface area contributed by atoms with Gasteiger partial charge in [0.25, 0.3) is 0 Å². The minimum Gasteiger partial charge on any atom is -0.497 e. The van der Waals surface area contributed by atoms with Crippen LogP contribution in [0.5, 0.6) is 11.5 Å². The molecular formula is C20H18F2N2O3S. The topological polar surface area (TPSA) is 60.5 Å². The Morgan fingerprint density at radius 3 is 2.64 bits per heavy atom. The molecule has 146 valence electrons. The largest absolute Gasteiger partial charge is 0.497 e. The summed E-state index contributed by atoms with van der Waals surface area (Å²) < 4.78 is 34.7. The van der Waals surface area contributed by atoms with E-state index in [1.165, 1.54) is 17.4 Å². The van der Waals surface area contributed by atoms with E-state index in [0.29, 0.717) is 29.2 Å². The number of nitrogens with zero attached hydrogens (tertiary/aromatic N) is 1. The van der Waals surface area contributed by atoms with Gasteiger partial charge in [0.1, 0.15) is 11.5 Å². The number of benzene rings is 2. The van der Waals surface area contributed by atoms with E-state index in [-0.39, 0.29) is 11.7 Å². The lowest BCUT2D eigenvalue weighted by atomic mass is 10.1. The van der Waals surface area contributed by atoms with Crippen molar-refractivity contribution in [2.24, 2.45) is 0 Å². The maximum atomic E-state index is 12.6. The van der Waals surface area contributed by atoms with Crippen molar-refractivity contribution >= 4 is 22.4 Å². The van der Waals surface area contributed by atoms with E-state index in [0.717, 1.165) is 11.3 Å². The van der Waals surface area contributed by atoms with Gasteiger partial charge in [-0.2, -0.15) is 8.78 Å². The van der Waals surface area contributed by atoms with Crippen LogP contribution < -0.4 is 14.8 Å². The molecular weight excluding hydrogens is 386 g/mol. The number of amides is 1. The van der Waals surface area contributed by atoms with Gasteiger partial charge >= 0.3 is 6.61 Å². The molecule has 0 spiro atoms. The summed E-state index contributed by atoms with van der Waals surface area (Å²) in [5.74, 6) is 0.633. The van der Waals surface area contributed by atoms with Crippen molar-refractivity contribution in [2.75, 3.05) is 12.4 Å². The normalized spacial score (nSPS) is 10.7. The van der Waals surface area contributed by atoms with Crippen LogP contribution in [-0.2, 0) is 11.2 Å². The smallest absolute Gasteiger partial charge is 0.387 e. The number of ether oxygens (including phenoxy) is 2. The Labute approximate surface area is 164 Å². The molecule has 3 aromatic rings. The molecule has 0 fully saturated rings. The van der Waals surface area contributed by atoms with E-state index in [2.05, 4.69) is 15.0 Å². The summed E-state index contributed by atoms with van der Waals surface area (Å²) in [5.41, 5.74) is 1.93. The fourth-order valence-electron chi connectivity index (χ4n) is 2.56. The molecule has 5 nitrogen and oxygen atoms in total. The van der Waals surface area contributed by atoms with Gasteiger partial charge in [0, 0.05) is 17.4 Å². The molecule has 0 aliphatic heterocycles. The third kappa shape index (κ3) is 5.26. The number of carbonyl (C=O) groups excluding carboxylic acids is 1. The molecule has 0 saturated heterocycles. The molecule has 1 aromatic heterocycles. The summed E-state index contributed by atoms with van der Waals surface area (Å²) in [6, 6.07) is 13.9. The summed E-state index contributed by atoms with van der Waals surface area (Å²) in [4.78, 5) is 16.5. The zero-order valence-corrected chi connectivity index (χ0v) is 15.8. The predicted molar refractivity (Wildman–Crippen MR) is 104 cm³/mol. The summed E-state index contributed by atoms with van der Waals surface area (Å²) in [5, 5.41) is 4.83. The number of nitrogens with one attached hydrogen (secondary N) is 1. The van der Waals surface area contributed by atoms with Crippen molar-refractivity contribution in [3.8, 4) is 22.8 Å². The first kappa shape index (κ1) is 19.8. The third-order valence-corrected chi connectivity index (χ3v) is 4.69. The number of aryl methyl sites for hydroxylation is 1. The lowest BCUT2D eigenvalue weighted by Crippen LogP contribution is -2.12. The van der Waals surface area contributed by atoms with Crippen molar-refractivity contribution < 1.29 is 23.0 Å². The van der Waals surface area contributed by atoms with E-state index in [4.69, 9.17) is 4.74 Å². The van der Waals surface area contributed by atoms with Gasteiger partial charge in [-0.15, -0.1) is 11.3 Å². The molecule has 1 amide bonds. The zero-order chi connectivity index (χ0) is 19.9. The Morgan fingerprint density at radius 2 is 1.93 bits per heavy atom. The molecule has 1 heterocycles. The van der Waals surface area contributed by atoms with Gasteiger partial charge in [-0.05, 0) is 36.2 Å². The van der Waals surface area contributed by atoms with Crippen LogP contribution in [0.2, 0.25) is 0 Å². The molecule has 0 aliphatic rings. The average molecular weight is 404 g/mol. The first-order valence-corrected chi connectivity index (χ1v) is 9.35. The highest BCUT2D eigenvalue weighted by molar-refractivity contribution is 7.14. The molecule has 3 rings (SSSR count). The van der Waals surface area contributed by atoms with Crippen LogP contribution in [0.15, 0.2) is 53.9 Å². The van der Waals surface area contributed by atoms with Crippen molar-refractivity contribution in [3.05, 3.63) is 59.5 Å². The fraction of sp³-hybridized carbons (Fsp3) is 0.200. The van der Waals surface area contributed by atoms with Crippen LogP contribution in [-0.4, -0.2) is 24.6 Å². The van der Waals surface area contributed by atoms with Gasteiger partial charge in [-0.25, -0.2) is 4.98 Å². The minimum atomic E-state index is -2.92. The molecule has 0 unspecified atom stereocenters. The SMILES string of the molecule is COc1ccc(CCC(=O)Nc2nc(-c3ccccc3OC(F)F)cs2)cc1. The number of hydrogen-bond donors (Lipinski definition) is 1. The minimum absolute atomic E-state index is 0.0418. The summed E-state index contributed by atoms with van der Waals surface area (Å²) >= 11 is 1.22. The van der Waals surface area contributed by atoms with Crippen molar-refractivity contribution in [2.45, 2.75) is 19.5 Å². The summed E-state index contributed by atoms with van der Waals surface area (Å²) in [7, 11) is 1.60. The van der Waals surface area contributed by atoms with Crippen LogP contribution in [0.1, 0.15) is 12.0 Å². The standard InChI is InChI=1S/C20H18F2N2O3S/c1-26-14-9-6-13(7-10-14)8-11-18(25)24-20-23-16(12-28-20)15-4-2-3-5-17(15)27-19(21)22/h2-7,9-10,12,19H,8,11H2,1H3,(H,23,24,25). The van der Waals surface area contributed by atoms with Crippen molar-refractivity contribution in [1.29, 1.82) is 0 Å². The molecule has 1 N–H and O–H groups in total. The third-order valence-electron chi connectivity index (χ3n) is 3.93. The Balaban J connectivity index is 1.60. The first-order valence-electron chi connectivity index (χ1n) is 8.47. The maximum absolute atomic E-state index is 12.6. The first-order chi connectivity index (χ1) is 13.5. The van der Waals surface area contributed by atoms with Crippen LogP contribution in [0.25, 0.3) is 11.3 Å². The number of rotatable bonds is 8. The summed E-state index contributed by atoms with van der Waals surface area (Å²) in [6.45, 7) is -2.92. The molecule has 8 heteroatoms. The van der Waals surface area contributed by atoms with Crippen LogP contribution >= 0.6 is 11.3 Å². The number of anilines is 1. The molecule has 0 radical (unpaired) electrons. The summed E-state index contributed by atoms with van der Waals surface area (Å²) in [6.07, 6.45) is 0.880. The van der Waals surface area contributed by atoms with E-state index >= 15 is 0 Å². The van der Waals surface area contributed by atoms with E-state index in [1.54, 1.807) is 30.7 Å². The van der Waals surface area contributed by atoms with Gasteiger partial charge in [-0.3, -0.25) is 4.79 Å². The lowest BCUT2D eigenvalue weighted by Gasteiger charge is -2.08. The Hall–Kier alpha value is -3.00. The number of carbonyl (C=O) groups is 1. The van der Waals surface area contributed by atoms with Gasteiger partial charge in [0.15, 0.2) is 5.13 Å². The maximum Gasteiger partial charge on any atom is 0.387 e. The van der Waals surface area contributed by atoms with Crippen LogP contribution in [0, 0.1) is 0 Å². The van der Waals surface area contributed by atoms with E-state index in [9.17, 15) is 13.6 Å². The Bertz CT molecular complexity index is 929. The highest BCUT2D eigenvalue weighted by Gasteiger charge is 2.14. The predicted octanol–water partition coefficient (Wildman–Crippen LogP) is 4.99. The van der Waals surface area contributed by atoms with Gasteiger partial charge in [0.05, 0.1) is 12.8 Å². The quantitative estimate of drug-likeness (QED) is 0.575. The highest BCUT2D eigenvalue weighted by Crippen LogP contribution is 2.33. The number of aromatic nitrogens is 1. The molecule has 28 heavy (non-hydrogen) atoms. The lowest BCUT2D eigenvalue weighted by molar-refractivity contribution is -0.116. The molecule has 0 saturated carbocycles. The van der Waals surface area contributed by atoms with Gasteiger partial charge in [0.2, 0.25) is 5.91 Å². The van der Waals surface area contributed by atoms with Crippen molar-refractivity contribution in [1.82, 2.24) is 4.98 Å². The van der Waals surface area contributed by atoms with Crippen LogP contribution in [0.4, 0.5) is 13.9 Å². The molecule has 0 aliphatic carbocycles. The second-order valence-electron chi connectivity index (χ2n) is 5.81. The molecule has 0 atom stereocenters. The highest BCUT2D eigenvalue weighted by atomic mass is 32.1. The van der Waals surface area contributed by atoms with E-state index < -0.39 is 6.61 Å². The number of alkyl halides is 2. The van der Waals surface area contributed by atoms with Gasteiger partial charge in [-0.1, -0.05) is 24.3 Å². The van der Waals surface area contributed by atoms with E-state index in [1.807, 2.05) is 24.3 Å². The monoisotopic (exact) mass is 404 g/mol. The number of methoxy groups -OCH3 is 1. The van der Waals surface area contributed by atoms with Gasteiger partial charge < -0.3 is 14.8 Å². The zero-order valence-electron chi connectivity index (χ0n) is 15.0. The number of halogens is 2. The Kier molecular flexibility index (Phi) is 6.54. The second-order valence-corrected chi connectivity index (χ2v) is 6.67. The molecule has 0 bridgehead atoms. The fourth-order valence-corrected chi connectivity index (χ4v) is 3.29. The second kappa shape index (κ2) is 9.27. The average Bonchev–Trinajstić information content (AvgIpc) is 3.15. The number of hydrogen-bond acceptors (Lipinski definition) is 5. The molecule has 2 aromatic carbocycles. The number of para-hydroxylation sites is 1. The van der Waals surface area contributed by atoms with Crippen LogP contribution in [0.3, 0.4) is 0 Å². The van der Waals surface area contributed by atoms with Crippen molar-refractivity contribution in [3.63, 3.8) is 0 Å². The Morgan fingerprint density at radius 1 is 1.18 bits per heavy atom.